The number of methoxy groups -OCH3 is 1. The number of amides is 1. The van der Waals surface area contributed by atoms with Crippen molar-refractivity contribution in [3.8, 4) is 6.07 Å². The Morgan fingerprint density at radius 1 is 1.33 bits per heavy atom. The predicted molar refractivity (Wildman–Crippen MR) is 86.8 cm³/mol. The van der Waals surface area contributed by atoms with E-state index in [1.165, 1.54) is 7.11 Å². The lowest BCUT2D eigenvalue weighted by Crippen LogP contribution is -2.52. The summed E-state index contributed by atoms with van der Waals surface area (Å²) in [5, 5.41) is 22.2. The van der Waals surface area contributed by atoms with Crippen molar-refractivity contribution in [2.75, 3.05) is 26.7 Å². The number of carbonyl (C=O) groups is 2. The van der Waals surface area contributed by atoms with Crippen LogP contribution in [-0.4, -0.2) is 60.3 Å². The monoisotopic (exact) mass is 337 g/mol. The summed E-state index contributed by atoms with van der Waals surface area (Å²) in [5.41, 5.74) is -0.700. The number of rotatable bonds is 5. The Morgan fingerprint density at radius 3 is 2.50 bits per heavy atom. The molecule has 1 saturated heterocycles. The van der Waals surface area contributed by atoms with Crippen molar-refractivity contribution in [2.24, 2.45) is 5.92 Å². The molecule has 1 heterocycles. The van der Waals surface area contributed by atoms with Crippen molar-refractivity contribution in [1.29, 1.82) is 5.26 Å². The molecule has 134 valence electrons. The molecule has 0 aromatic carbocycles. The van der Waals surface area contributed by atoms with Gasteiger partial charge in [-0.3, -0.25) is 9.69 Å². The SMILES string of the molecule is COC(=O)C(O)C1CCN(CC(=O)NC2(C#N)CCCCC2)CC1. The number of nitriles is 1. The minimum Gasteiger partial charge on any atom is -0.467 e. The van der Waals surface area contributed by atoms with Crippen LogP contribution in [0, 0.1) is 17.2 Å². The minimum atomic E-state index is -1.09. The highest BCUT2D eigenvalue weighted by Crippen LogP contribution is 2.27. The van der Waals surface area contributed by atoms with Crippen LogP contribution in [-0.2, 0) is 14.3 Å². The molecule has 24 heavy (non-hydrogen) atoms. The minimum absolute atomic E-state index is 0.120. The quantitative estimate of drug-likeness (QED) is 0.711. The fourth-order valence-corrected chi connectivity index (χ4v) is 3.67. The number of esters is 1. The molecule has 7 nitrogen and oxygen atoms in total. The van der Waals surface area contributed by atoms with Gasteiger partial charge in [0.15, 0.2) is 6.10 Å². The van der Waals surface area contributed by atoms with Crippen LogP contribution in [0.2, 0.25) is 0 Å². The van der Waals surface area contributed by atoms with Crippen molar-refractivity contribution >= 4 is 11.9 Å². The third-order valence-corrected chi connectivity index (χ3v) is 5.19. The first-order valence-corrected chi connectivity index (χ1v) is 8.70. The summed E-state index contributed by atoms with van der Waals surface area (Å²) in [4.78, 5) is 25.7. The second-order valence-corrected chi connectivity index (χ2v) is 6.88. The van der Waals surface area contributed by atoms with E-state index in [1.807, 2.05) is 4.90 Å². The number of ether oxygens (including phenoxy) is 1. The van der Waals surface area contributed by atoms with E-state index in [9.17, 15) is 20.0 Å². The van der Waals surface area contributed by atoms with Gasteiger partial charge in [-0.2, -0.15) is 5.26 Å². The van der Waals surface area contributed by atoms with E-state index in [-0.39, 0.29) is 18.4 Å². The molecule has 0 bridgehead atoms. The maximum atomic E-state index is 12.3. The molecule has 2 rings (SSSR count). The van der Waals surface area contributed by atoms with E-state index in [0.29, 0.717) is 25.9 Å². The number of piperidine rings is 1. The van der Waals surface area contributed by atoms with Crippen LogP contribution in [0.3, 0.4) is 0 Å². The van der Waals surface area contributed by atoms with Crippen LogP contribution in [0.1, 0.15) is 44.9 Å². The fraction of sp³-hybridized carbons (Fsp3) is 0.824. The molecule has 1 atom stereocenters. The van der Waals surface area contributed by atoms with Gasteiger partial charge in [0, 0.05) is 0 Å². The first-order chi connectivity index (χ1) is 11.5. The lowest BCUT2D eigenvalue weighted by Gasteiger charge is -2.35. The van der Waals surface area contributed by atoms with Crippen LogP contribution in [0.25, 0.3) is 0 Å². The Morgan fingerprint density at radius 2 is 1.96 bits per heavy atom. The van der Waals surface area contributed by atoms with Crippen molar-refractivity contribution < 1.29 is 19.4 Å². The summed E-state index contributed by atoms with van der Waals surface area (Å²) in [6.45, 7) is 1.54. The Hall–Kier alpha value is -1.65. The maximum Gasteiger partial charge on any atom is 0.334 e. The molecule has 0 aromatic rings. The van der Waals surface area contributed by atoms with Gasteiger partial charge in [-0.15, -0.1) is 0 Å². The van der Waals surface area contributed by atoms with E-state index in [4.69, 9.17) is 0 Å². The lowest BCUT2D eigenvalue weighted by atomic mass is 9.83. The third kappa shape index (κ3) is 4.68. The number of nitrogens with one attached hydrogen (secondary N) is 1. The number of aliphatic hydroxyl groups is 1. The Bertz CT molecular complexity index is 489. The Balaban J connectivity index is 1.78. The topological polar surface area (TPSA) is 103 Å². The van der Waals surface area contributed by atoms with Gasteiger partial charge in [0.1, 0.15) is 5.54 Å². The highest BCUT2D eigenvalue weighted by atomic mass is 16.5. The zero-order chi connectivity index (χ0) is 17.6. The normalized spacial score (nSPS) is 23.0. The third-order valence-electron chi connectivity index (χ3n) is 5.19. The number of hydrogen-bond donors (Lipinski definition) is 2. The molecular formula is C17H27N3O4. The summed E-state index contributed by atoms with van der Waals surface area (Å²) in [6, 6.07) is 2.29. The molecule has 2 fully saturated rings. The molecule has 1 saturated carbocycles. The van der Waals surface area contributed by atoms with Gasteiger partial charge in [0.2, 0.25) is 5.91 Å². The number of carbonyl (C=O) groups excluding carboxylic acids is 2. The predicted octanol–water partition coefficient (Wildman–Crippen LogP) is 0.575. The van der Waals surface area contributed by atoms with Gasteiger partial charge in [0.05, 0.1) is 19.7 Å². The maximum absolute atomic E-state index is 12.3. The summed E-state index contributed by atoms with van der Waals surface area (Å²) < 4.78 is 4.57. The molecule has 2 N–H and O–H groups in total. The van der Waals surface area contributed by atoms with Gasteiger partial charge in [-0.1, -0.05) is 19.3 Å². The number of hydrogen-bond acceptors (Lipinski definition) is 6. The molecule has 1 aliphatic carbocycles. The van der Waals surface area contributed by atoms with Gasteiger partial charge < -0.3 is 15.2 Å². The van der Waals surface area contributed by atoms with E-state index >= 15 is 0 Å². The molecule has 1 unspecified atom stereocenters. The van der Waals surface area contributed by atoms with Crippen LogP contribution in [0.5, 0.6) is 0 Å². The largest absolute Gasteiger partial charge is 0.467 e. The van der Waals surface area contributed by atoms with E-state index < -0.39 is 17.6 Å². The standard InChI is InChI=1S/C17H27N3O4/c1-24-16(23)15(22)13-5-9-20(10-6-13)11-14(21)19-17(12-18)7-3-2-4-8-17/h13,15,22H,2-11H2,1H3,(H,19,21). The molecule has 0 radical (unpaired) electrons. The average molecular weight is 337 g/mol. The molecule has 2 aliphatic rings. The zero-order valence-corrected chi connectivity index (χ0v) is 14.3. The molecule has 1 amide bonds. The van der Waals surface area contributed by atoms with E-state index in [2.05, 4.69) is 16.1 Å². The highest BCUT2D eigenvalue weighted by Gasteiger charge is 2.35. The van der Waals surface area contributed by atoms with Gasteiger partial charge in [0.25, 0.3) is 0 Å². The van der Waals surface area contributed by atoms with Crippen LogP contribution in [0.4, 0.5) is 0 Å². The second-order valence-electron chi connectivity index (χ2n) is 6.88. The highest BCUT2D eigenvalue weighted by molar-refractivity contribution is 5.79. The lowest BCUT2D eigenvalue weighted by molar-refractivity contribution is -0.154. The summed E-state index contributed by atoms with van der Waals surface area (Å²) in [6.07, 6.45) is 4.73. The van der Waals surface area contributed by atoms with E-state index in [1.54, 1.807) is 0 Å². The van der Waals surface area contributed by atoms with Gasteiger partial charge in [-0.25, -0.2) is 4.79 Å². The number of likely N-dealkylation sites (tertiary alicyclic amines) is 1. The van der Waals surface area contributed by atoms with Crippen molar-refractivity contribution in [1.82, 2.24) is 10.2 Å². The van der Waals surface area contributed by atoms with Gasteiger partial charge in [-0.05, 0) is 44.7 Å². The van der Waals surface area contributed by atoms with Crippen molar-refractivity contribution in [3.63, 3.8) is 0 Å². The summed E-state index contributed by atoms with van der Waals surface area (Å²) in [5.74, 6) is -0.842. The second kappa shape index (κ2) is 8.45. The number of nitrogens with zero attached hydrogens (tertiary/aromatic N) is 2. The fourth-order valence-electron chi connectivity index (χ4n) is 3.67. The van der Waals surface area contributed by atoms with Crippen molar-refractivity contribution in [2.45, 2.75) is 56.6 Å². The molecular weight excluding hydrogens is 310 g/mol. The smallest absolute Gasteiger partial charge is 0.334 e. The first kappa shape index (κ1) is 18.7. The first-order valence-electron chi connectivity index (χ1n) is 8.70. The summed E-state index contributed by atoms with van der Waals surface area (Å²) in [7, 11) is 1.27. The Labute approximate surface area is 142 Å². The van der Waals surface area contributed by atoms with Gasteiger partial charge >= 0.3 is 5.97 Å². The molecule has 0 spiro atoms. The van der Waals surface area contributed by atoms with E-state index in [0.717, 1.165) is 32.1 Å². The van der Waals surface area contributed by atoms with Crippen molar-refractivity contribution in [3.05, 3.63) is 0 Å². The summed E-state index contributed by atoms with van der Waals surface area (Å²) >= 11 is 0. The molecule has 7 heteroatoms. The zero-order valence-electron chi connectivity index (χ0n) is 14.3. The average Bonchev–Trinajstić information content (AvgIpc) is 2.61. The molecule has 0 aromatic heterocycles. The van der Waals surface area contributed by atoms with Crippen LogP contribution in [0.15, 0.2) is 0 Å². The van der Waals surface area contributed by atoms with Crippen LogP contribution < -0.4 is 5.32 Å². The van der Waals surface area contributed by atoms with Crippen LogP contribution >= 0.6 is 0 Å². The number of aliphatic hydroxyl groups excluding tert-OH is 1. The Kier molecular flexibility index (Phi) is 6.58. The molecule has 1 aliphatic heterocycles.